The van der Waals surface area contributed by atoms with E-state index < -0.39 is 11.7 Å². The summed E-state index contributed by atoms with van der Waals surface area (Å²) >= 11 is 0. The van der Waals surface area contributed by atoms with Crippen LogP contribution in [0.2, 0.25) is 0 Å². The second-order valence-electron chi connectivity index (χ2n) is 5.29. The molecule has 2 aromatic heterocycles. The third-order valence-corrected chi connectivity index (χ3v) is 3.71. The monoisotopic (exact) mass is 336 g/mol. The number of nitrogens with zero attached hydrogens (tertiary/aromatic N) is 6. The zero-order valence-corrected chi connectivity index (χ0v) is 13.1. The Morgan fingerprint density at radius 3 is 2.46 bits per heavy atom. The van der Waals surface area contributed by atoms with Crippen molar-refractivity contribution >= 4 is 17.0 Å². The average molecular weight is 336 g/mol. The van der Waals surface area contributed by atoms with E-state index in [9.17, 15) is 13.2 Å². The quantitative estimate of drug-likeness (QED) is 0.733. The maximum Gasteiger partial charge on any atom is 0.416 e. The van der Waals surface area contributed by atoms with E-state index >= 15 is 0 Å². The Bertz CT molecular complexity index is 841. The van der Waals surface area contributed by atoms with Crippen LogP contribution in [0.25, 0.3) is 11.2 Å². The largest absolute Gasteiger partial charge is 0.416 e. The molecule has 1 aromatic carbocycles. The number of rotatable bonds is 4. The highest BCUT2D eigenvalue weighted by Crippen LogP contribution is 2.29. The number of hydrogen-bond acceptors (Lipinski definition) is 5. The van der Waals surface area contributed by atoms with Crippen LogP contribution in [0.4, 0.5) is 19.0 Å². The van der Waals surface area contributed by atoms with Crippen molar-refractivity contribution in [1.82, 2.24) is 25.0 Å². The Balaban J connectivity index is 1.89. The topological polar surface area (TPSA) is 59.7 Å². The van der Waals surface area contributed by atoms with Crippen molar-refractivity contribution in [2.75, 3.05) is 11.4 Å². The molecule has 0 fully saturated rings. The summed E-state index contributed by atoms with van der Waals surface area (Å²) in [7, 11) is 1.73. The molecule has 3 rings (SSSR count). The molecule has 9 heteroatoms. The molecule has 0 spiro atoms. The number of halogens is 3. The van der Waals surface area contributed by atoms with Gasteiger partial charge in [0.1, 0.15) is 6.33 Å². The molecule has 0 radical (unpaired) electrons. The zero-order valence-electron chi connectivity index (χ0n) is 13.1. The SMILES string of the molecule is CCN(Cc1ccc(C(F)(F)F)cc1)c1ncnc2c1nnn2C. The van der Waals surface area contributed by atoms with Crippen LogP contribution in [0.5, 0.6) is 0 Å². The minimum Gasteiger partial charge on any atom is -0.351 e. The molecule has 0 unspecified atom stereocenters. The van der Waals surface area contributed by atoms with E-state index in [1.54, 1.807) is 11.7 Å². The minimum absolute atomic E-state index is 0.414. The fourth-order valence-electron chi connectivity index (χ4n) is 2.43. The van der Waals surface area contributed by atoms with Crippen LogP contribution in [0.1, 0.15) is 18.1 Å². The van der Waals surface area contributed by atoms with Gasteiger partial charge in [0, 0.05) is 20.1 Å². The van der Waals surface area contributed by atoms with Crippen LogP contribution < -0.4 is 4.90 Å². The summed E-state index contributed by atoms with van der Waals surface area (Å²) in [5.74, 6) is 0.607. The summed E-state index contributed by atoms with van der Waals surface area (Å²) in [6, 6.07) is 5.11. The van der Waals surface area contributed by atoms with Crippen LogP contribution in [-0.2, 0) is 19.8 Å². The van der Waals surface area contributed by atoms with Gasteiger partial charge in [-0.2, -0.15) is 13.2 Å². The van der Waals surface area contributed by atoms with Gasteiger partial charge in [-0.15, -0.1) is 5.10 Å². The first-order chi connectivity index (χ1) is 11.4. The van der Waals surface area contributed by atoms with E-state index in [1.165, 1.54) is 18.5 Å². The van der Waals surface area contributed by atoms with Crippen molar-refractivity contribution in [3.8, 4) is 0 Å². The molecular weight excluding hydrogens is 321 g/mol. The Hall–Kier alpha value is -2.71. The van der Waals surface area contributed by atoms with Gasteiger partial charge >= 0.3 is 6.18 Å². The lowest BCUT2D eigenvalue weighted by molar-refractivity contribution is -0.137. The Kier molecular flexibility index (Phi) is 4.08. The first-order valence-corrected chi connectivity index (χ1v) is 7.31. The molecule has 0 bridgehead atoms. The molecule has 24 heavy (non-hydrogen) atoms. The lowest BCUT2D eigenvalue weighted by Gasteiger charge is -2.22. The summed E-state index contributed by atoms with van der Waals surface area (Å²) < 4.78 is 39.5. The van der Waals surface area contributed by atoms with E-state index in [2.05, 4.69) is 20.3 Å². The van der Waals surface area contributed by atoms with Crippen molar-refractivity contribution in [2.45, 2.75) is 19.6 Å². The number of aromatic nitrogens is 5. The molecule has 0 saturated carbocycles. The molecule has 0 aliphatic rings. The Labute approximate surface area is 135 Å². The van der Waals surface area contributed by atoms with Gasteiger partial charge in [0.15, 0.2) is 17.0 Å². The van der Waals surface area contributed by atoms with Gasteiger partial charge < -0.3 is 4.90 Å². The summed E-state index contributed by atoms with van der Waals surface area (Å²) in [5, 5.41) is 8.00. The highest BCUT2D eigenvalue weighted by atomic mass is 19.4. The highest BCUT2D eigenvalue weighted by Gasteiger charge is 2.30. The molecule has 0 amide bonds. The van der Waals surface area contributed by atoms with Crippen LogP contribution in [-0.4, -0.2) is 31.5 Å². The number of aryl methyl sites for hydroxylation is 1. The number of alkyl halides is 3. The summed E-state index contributed by atoms with van der Waals surface area (Å²) in [6.45, 7) is 2.97. The predicted molar refractivity (Wildman–Crippen MR) is 82.3 cm³/mol. The van der Waals surface area contributed by atoms with E-state index in [4.69, 9.17) is 0 Å². The smallest absolute Gasteiger partial charge is 0.351 e. The molecule has 0 atom stereocenters. The predicted octanol–water partition coefficient (Wildman–Crippen LogP) is 2.80. The zero-order chi connectivity index (χ0) is 17.3. The molecule has 0 aliphatic heterocycles. The molecule has 2 heterocycles. The summed E-state index contributed by atoms with van der Waals surface area (Å²) in [5.41, 5.74) is 1.26. The van der Waals surface area contributed by atoms with Gasteiger partial charge in [-0.25, -0.2) is 14.6 Å². The number of fused-ring (bicyclic) bond motifs is 1. The second-order valence-corrected chi connectivity index (χ2v) is 5.29. The van der Waals surface area contributed by atoms with Crippen LogP contribution in [0.15, 0.2) is 30.6 Å². The third-order valence-electron chi connectivity index (χ3n) is 3.71. The van der Waals surface area contributed by atoms with Crippen molar-refractivity contribution in [1.29, 1.82) is 0 Å². The highest BCUT2D eigenvalue weighted by molar-refractivity contribution is 5.82. The minimum atomic E-state index is -4.33. The van der Waals surface area contributed by atoms with Gasteiger partial charge in [0.25, 0.3) is 0 Å². The standard InChI is InChI=1S/C15H15F3N6/c1-3-24(8-10-4-6-11(7-5-10)15(16,17)18)14-12-13(19-9-20-14)23(2)22-21-12/h4-7,9H,3,8H2,1-2H3. The lowest BCUT2D eigenvalue weighted by atomic mass is 10.1. The van der Waals surface area contributed by atoms with Crippen LogP contribution >= 0.6 is 0 Å². The summed E-state index contributed by atoms with van der Waals surface area (Å²) in [4.78, 5) is 10.3. The fraction of sp³-hybridized carbons (Fsp3) is 0.333. The third kappa shape index (κ3) is 3.01. The first-order valence-electron chi connectivity index (χ1n) is 7.31. The first kappa shape index (κ1) is 16.2. The molecule has 0 saturated heterocycles. The number of hydrogen-bond donors (Lipinski definition) is 0. The molecular formula is C15H15F3N6. The second kappa shape index (κ2) is 6.06. The van der Waals surface area contributed by atoms with Crippen LogP contribution in [0.3, 0.4) is 0 Å². The molecule has 6 nitrogen and oxygen atoms in total. The van der Waals surface area contributed by atoms with Gasteiger partial charge in [-0.05, 0) is 24.6 Å². The summed E-state index contributed by atoms with van der Waals surface area (Å²) in [6.07, 6.45) is -2.90. The fourth-order valence-corrected chi connectivity index (χ4v) is 2.43. The molecule has 0 aliphatic carbocycles. The number of anilines is 1. The molecule has 3 aromatic rings. The van der Waals surface area contributed by atoms with Crippen molar-refractivity contribution < 1.29 is 13.2 Å². The van der Waals surface area contributed by atoms with Crippen molar-refractivity contribution in [2.24, 2.45) is 7.05 Å². The lowest BCUT2D eigenvalue weighted by Crippen LogP contribution is -2.23. The van der Waals surface area contributed by atoms with E-state index in [1.807, 2.05) is 11.8 Å². The van der Waals surface area contributed by atoms with E-state index in [0.29, 0.717) is 30.1 Å². The average Bonchev–Trinajstić information content (AvgIpc) is 2.94. The van der Waals surface area contributed by atoms with Crippen LogP contribution in [0, 0.1) is 0 Å². The van der Waals surface area contributed by atoms with E-state index in [0.717, 1.165) is 17.7 Å². The van der Waals surface area contributed by atoms with E-state index in [-0.39, 0.29) is 0 Å². The van der Waals surface area contributed by atoms with Gasteiger partial charge in [-0.3, -0.25) is 0 Å². The van der Waals surface area contributed by atoms with Gasteiger partial charge in [0.05, 0.1) is 5.56 Å². The van der Waals surface area contributed by atoms with Crippen molar-refractivity contribution in [3.63, 3.8) is 0 Å². The molecule has 126 valence electrons. The van der Waals surface area contributed by atoms with Gasteiger partial charge in [0.2, 0.25) is 0 Å². The maximum absolute atomic E-state index is 12.6. The van der Waals surface area contributed by atoms with Gasteiger partial charge in [-0.1, -0.05) is 17.3 Å². The Morgan fingerprint density at radius 2 is 1.83 bits per heavy atom. The number of benzene rings is 1. The Morgan fingerprint density at radius 1 is 1.12 bits per heavy atom. The normalized spacial score (nSPS) is 11.9. The molecule has 0 N–H and O–H groups in total. The van der Waals surface area contributed by atoms with Crippen molar-refractivity contribution in [3.05, 3.63) is 41.7 Å². The maximum atomic E-state index is 12.6.